The average Bonchev–Trinajstić information content (AvgIpc) is 3.41. The minimum Gasteiger partial charge on any atom is -0.308 e. The lowest BCUT2D eigenvalue weighted by Crippen LogP contribution is -2.74. The highest BCUT2D eigenvalue weighted by Crippen LogP contribution is 2.51. The molecule has 216 valence electrons. The van der Waals surface area contributed by atoms with Crippen molar-refractivity contribution in [1.82, 2.24) is 0 Å². The standard InChI is InChI=1S/C42H27NS2Si/c1-8-18-39-31(11-1)32-12-2-9-19-40(32)46(39)41-20-10-7-17-37(41)45-38-26-23-29(27-42(38)46)28-21-24-30(25-22-28)43-33-13-3-5-15-35(33)44-36-16-6-4-14-34(36)43/h1-27H. The van der Waals surface area contributed by atoms with Crippen molar-refractivity contribution >= 4 is 69.4 Å². The fraction of sp³-hybridized carbons (Fsp3) is 0. The van der Waals surface area contributed by atoms with Crippen LogP contribution in [0.5, 0.6) is 0 Å². The lowest BCUT2D eigenvalue weighted by molar-refractivity contribution is 1.17. The van der Waals surface area contributed by atoms with Crippen molar-refractivity contribution in [2.45, 2.75) is 19.6 Å². The van der Waals surface area contributed by atoms with Gasteiger partial charge in [0.05, 0.1) is 11.4 Å². The fourth-order valence-corrected chi connectivity index (χ4v) is 16.3. The Morgan fingerprint density at radius 3 is 1.50 bits per heavy atom. The summed E-state index contributed by atoms with van der Waals surface area (Å²) in [7, 11) is -2.51. The van der Waals surface area contributed by atoms with E-state index in [2.05, 4.69) is 169 Å². The van der Waals surface area contributed by atoms with E-state index < -0.39 is 8.07 Å². The van der Waals surface area contributed by atoms with Crippen molar-refractivity contribution in [2.24, 2.45) is 0 Å². The number of rotatable bonds is 2. The number of fused-ring (bicyclic) bond motifs is 11. The fourth-order valence-electron chi connectivity index (χ4n) is 7.82. The second-order valence-electron chi connectivity index (χ2n) is 12.1. The molecule has 0 atom stereocenters. The van der Waals surface area contributed by atoms with Crippen LogP contribution in [-0.4, -0.2) is 8.07 Å². The first kappa shape index (κ1) is 26.5. The van der Waals surface area contributed by atoms with Gasteiger partial charge in [0.25, 0.3) is 0 Å². The maximum Gasteiger partial charge on any atom is 0.183 e. The molecule has 1 nitrogen and oxygen atoms in total. The molecule has 0 amide bonds. The van der Waals surface area contributed by atoms with Gasteiger partial charge in [-0.2, -0.15) is 0 Å². The molecule has 0 radical (unpaired) electrons. The molecule has 0 N–H and O–H groups in total. The first-order valence-corrected chi connectivity index (χ1v) is 19.3. The summed E-state index contributed by atoms with van der Waals surface area (Å²) in [4.78, 5) is 7.75. The highest BCUT2D eigenvalue weighted by Gasteiger charge is 2.52. The van der Waals surface area contributed by atoms with Crippen LogP contribution in [-0.2, 0) is 0 Å². The number of anilines is 3. The molecule has 1 spiro atoms. The summed E-state index contributed by atoms with van der Waals surface area (Å²) in [5, 5.41) is 6.04. The molecular formula is C42H27NS2Si. The first-order chi connectivity index (χ1) is 22.8. The van der Waals surface area contributed by atoms with Crippen LogP contribution >= 0.6 is 23.5 Å². The molecule has 3 aliphatic heterocycles. The van der Waals surface area contributed by atoms with Crippen LogP contribution in [0, 0.1) is 0 Å². The second kappa shape index (κ2) is 10.1. The van der Waals surface area contributed by atoms with E-state index in [9.17, 15) is 0 Å². The average molecular weight is 638 g/mol. The zero-order chi connectivity index (χ0) is 30.2. The van der Waals surface area contributed by atoms with E-state index in [1.807, 2.05) is 23.5 Å². The third kappa shape index (κ3) is 3.66. The second-order valence-corrected chi connectivity index (χ2v) is 17.9. The lowest BCUT2D eigenvalue weighted by atomic mass is 10.0. The molecule has 46 heavy (non-hydrogen) atoms. The Kier molecular flexibility index (Phi) is 5.83. The van der Waals surface area contributed by atoms with Gasteiger partial charge < -0.3 is 4.90 Å². The smallest absolute Gasteiger partial charge is 0.183 e. The predicted octanol–water partition coefficient (Wildman–Crippen LogP) is 9.11. The van der Waals surface area contributed by atoms with E-state index in [1.165, 1.54) is 79.6 Å². The van der Waals surface area contributed by atoms with Gasteiger partial charge in [0.2, 0.25) is 0 Å². The van der Waals surface area contributed by atoms with Crippen LogP contribution < -0.4 is 25.6 Å². The molecule has 7 aromatic carbocycles. The molecule has 0 saturated heterocycles. The van der Waals surface area contributed by atoms with Crippen LogP contribution in [0.3, 0.4) is 0 Å². The molecular weight excluding hydrogens is 611 g/mol. The van der Waals surface area contributed by atoms with Gasteiger partial charge in [-0.3, -0.25) is 0 Å². The number of benzene rings is 7. The summed E-state index contributed by atoms with van der Waals surface area (Å²) in [5.74, 6) is 0. The molecule has 7 aromatic rings. The minimum absolute atomic E-state index is 1.18. The summed E-state index contributed by atoms with van der Waals surface area (Å²) in [5.41, 5.74) is 8.95. The largest absolute Gasteiger partial charge is 0.308 e. The van der Waals surface area contributed by atoms with E-state index in [0.717, 1.165) is 0 Å². The molecule has 0 saturated carbocycles. The van der Waals surface area contributed by atoms with Gasteiger partial charge in [-0.25, -0.2) is 0 Å². The summed E-state index contributed by atoms with van der Waals surface area (Å²) < 4.78 is 0. The molecule has 0 bridgehead atoms. The van der Waals surface area contributed by atoms with Gasteiger partial charge >= 0.3 is 0 Å². The Morgan fingerprint density at radius 1 is 0.370 bits per heavy atom. The highest BCUT2D eigenvalue weighted by molar-refractivity contribution is 8.00. The van der Waals surface area contributed by atoms with Gasteiger partial charge in [-0.15, -0.1) is 0 Å². The van der Waals surface area contributed by atoms with Crippen molar-refractivity contribution in [3.05, 3.63) is 164 Å². The summed E-state index contributed by atoms with van der Waals surface area (Å²) >= 11 is 3.78. The van der Waals surface area contributed by atoms with Crippen molar-refractivity contribution in [3.8, 4) is 22.3 Å². The van der Waals surface area contributed by atoms with Gasteiger partial charge in [0, 0.05) is 25.3 Å². The Bertz CT molecular complexity index is 2250. The van der Waals surface area contributed by atoms with E-state index in [1.54, 1.807) is 0 Å². The molecule has 4 heteroatoms. The quantitative estimate of drug-likeness (QED) is 0.174. The molecule has 0 aliphatic carbocycles. The number of para-hydroxylation sites is 2. The van der Waals surface area contributed by atoms with Crippen LogP contribution in [0.25, 0.3) is 22.3 Å². The SMILES string of the molecule is c1ccc2c(c1)Sc1ccccc1N2c1ccc(-c2ccc3c(c2)[Si]2(c4ccccc4S3)c3ccccc3-c3ccccc32)cc1. The van der Waals surface area contributed by atoms with Crippen LogP contribution in [0.15, 0.2) is 183 Å². The van der Waals surface area contributed by atoms with Crippen LogP contribution in [0.4, 0.5) is 17.1 Å². The lowest BCUT2D eigenvalue weighted by Gasteiger charge is -2.38. The van der Waals surface area contributed by atoms with E-state index in [4.69, 9.17) is 0 Å². The summed E-state index contributed by atoms with van der Waals surface area (Å²) in [6, 6.07) is 61.4. The third-order valence-corrected chi connectivity index (χ3v) is 17.3. The molecule has 0 unspecified atom stereocenters. The van der Waals surface area contributed by atoms with E-state index >= 15 is 0 Å². The van der Waals surface area contributed by atoms with Gasteiger partial charge in [-0.05, 0) is 91.5 Å². The predicted molar refractivity (Wildman–Crippen MR) is 197 cm³/mol. The number of nitrogens with zero attached hydrogens (tertiary/aromatic N) is 1. The molecule has 0 fully saturated rings. The third-order valence-electron chi connectivity index (χ3n) is 9.74. The first-order valence-electron chi connectivity index (χ1n) is 15.7. The molecule has 3 aliphatic rings. The molecule has 0 aromatic heterocycles. The highest BCUT2D eigenvalue weighted by atomic mass is 32.2. The normalized spacial score (nSPS) is 14.5. The van der Waals surface area contributed by atoms with Gasteiger partial charge in [0.1, 0.15) is 0 Å². The zero-order valence-electron chi connectivity index (χ0n) is 24.9. The minimum atomic E-state index is -2.51. The molecule has 10 rings (SSSR count). The van der Waals surface area contributed by atoms with Crippen molar-refractivity contribution < 1.29 is 0 Å². The van der Waals surface area contributed by atoms with Gasteiger partial charge in [-0.1, -0.05) is 139 Å². The summed E-state index contributed by atoms with van der Waals surface area (Å²) in [6.07, 6.45) is 0. The maximum absolute atomic E-state index is 2.53. The van der Waals surface area contributed by atoms with E-state index in [0.29, 0.717) is 0 Å². The number of hydrogen-bond donors (Lipinski definition) is 0. The Morgan fingerprint density at radius 2 is 0.848 bits per heavy atom. The number of hydrogen-bond acceptors (Lipinski definition) is 3. The van der Waals surface area contributed by atoms with E-state index in [-0.39, 0.29) is 0 Å². The van der Waals surface area contributed by atoms with Crippen LogP contribution in [0.1, 0.15) is 0 Å². The molecule has 3 heterocycles. The van der Waals surface area contributed by atoms with Crippen molar-refractivity contribution in [3.63, 3.8) is 0 Å². The maximum atomic E-state index is 2.53. The van der Waals surface area contributed by atoms with Crippen molar-refractivity contribution in [2.75, 3.05) is 4.90 Å². The monoisotopic (exact) mass is 637 g/mol. The summed E-state index contributed by atoms with van der Waals surface area (Å²) in [6.45, 7) is 0. The Balaban J connectivity index is 1.14. The Labute approximate surface area is 278 Å². The zero-order valence-corrected chi connectivity index (χ0v) is 27.5. The van der Waals surface area contributed by atoms with Crippen molar-refractivity contribution in [1.29, 1.82) is 0 Å². The van der Waals surface area contributed by atoms with Crippen LogP contribution in [0.2, 0.25) is 0 Å². The topological polar surface area (TPSA) is 3.24 Å². The van der Waals surface area contributed by atoms with Gasteiger partial charge in [0.15, 0.2) is 8.07 Å². The Hall–Kier alpha value is -4.74.